The first-order chi connectivity index (χ1) is 10.6. The molecule has 0 aliphatic carbocycles. The van der Waals surface area contributed by atoms with Crippen molar-refractivity contribution < 1.29 is 4.92 Å². The smallest absolute Gasteiger partial charge is 0.268 e. The van der Waals surface area contributed by atoms with Crippen molar-refractivity contribution >= 4 is 16.6 Å². The van der Waals surface area contributed by atoms with E-state index in [1.165, 1.54) is 18.5 Å². The fraction of sp³-hybridized carbons (Fsp3) is 0. The number of nitro groups is 1. The van der Waals surface area contributed by atoms with Gasteiger partial charge in [-0.1, -0.05) is 12.1 Å². The van der Waals surface area contributed by atoms with Crippen molar-refractivity contribution in [2.45, 2.75) is 0 Å². The molecule has 0 amide bonds. The third-order valence-electron chi connectivity index (χ3n) is 3.23. The number of para-hydroxylation sites is 1. The van der Waals surface area contributed by atoms with Gasteiger partial charge in [-0.15, -0.1) is 0 Å². The van der Waals surface area contributed by atoms with Crippen molar-refractivity contribution in [3.8, 4) is 11.8 Å². The molecule has 2 aromatic carbocycles. The second-order valence-corrected chi connectivity index (χ2v) is 4.51. The van der Waals surface area contributed by atoms with Crippen LogP contribution >= 0.6 is 0 Å². The van der Waals surface area contributed by atoms with Crippen LogP contribution in [-0.2, 0) is 0 Å². The minimum Gasteiger partial charge on any atom is -0.268 e. The number of nitro benzene ring substituents is 1. The van der Waals surface area contributed by atoms with Gasteiger partial charge in [-0.25, -0.2) is 4.98 Å². The Morgan fingerprint density at radius 1 is 1.23 bits per heavy atom. The van der Waals surface area contributed by atoms with E-state index in [0.29, 0.717) is 10.9 Å². The predicted molar refractivity (Wildman–Crippen MR) is 78.7 cm³/mol. The van der Waals surface area contributed by atoms with Crippen LogP contribution in [0.5, 0.6) is 0 Å². The molecule has 1 aromatic heterocycles. The van der Waals surface area contributed by atoms with Gasteiger partial charge in [0.2, 0.25) is 0 Å². The lowest BCUT2D eigenvalue weighted by atomic mass is 10.2. The molecule has 0 N–H and O–H groups in total. The third-order valence-corrected chi connectivity index (χ3v) is 3.23. The molecule has 0 spiro atoms. The van der Waals surface area contributed by atoms with Crippen LogP contribution in [0.25, 0.3) is 16.6 Å². The summed E-state index contributed by atoms with van der Waals surface area (Å²) in [6.07, 6.45) is 1.25. The first kappa shape index (κ1) is 13.5. The molecule has 3 rings (SSSR count). The molecule has 7 heteroatoms. The van der Waals surface area contributed by atoms with E-state index in [9.17, 15) is 14.9 Å². The fourth-order valence-corrected chi connectivity index (χ4v) is 2.18. The van der Waals surface area contributed by atoms with Crippen LogP contribution in [0.4, 0.5) is 5.69 Å². The van der Waals surface area contributed by atoms with Gasteiger partial charge in [0.05, 0.1) is 27.5 Å². The monoisotopic (exact) mass is 292 g/mol. The quantitative estimate of drug-likeness (QED) is 0.532. The van der Waals surface area contributed by atoms with E-state index in [2.05, 4.69) is 4.98 Å². The molecule has 106 valence electrons. The molecule has 3 aromatic rings. The van der Waals surface area contributed by atoms with Crippen molar-refractivity contribution in [3.63, 3.8) is 0 Å². The lowest BCUT2D eigenvalue weighted by Gasteiger charge is -2.07. The van der Waals surface area contributed by atoms with Crippen LogP contribution in [0.3, 0.4) is 0 Å². The lowest BCUT2D eigenvalue weighted by molar-refractivity contribution is -0.384. The summed E-state index contributed by atoms with van der Waals surface area (Å²) in [7, 11) is 0. The number of hydrogen-bond acceptors (Lipinski definition) is 5. The number of aromatic nitrogens is 2. The molecule has 0 bridgehead atoms. The maximum Gasteiger partial charge on any atom is 0.294 e. The van der Waals surface area contributed by atoms with Gasteiger partial charge in [0.1, 0.15) is 12.0 Å². The molecule has 0 fully saturated rings. The van der Waals surface area contributed by atoms with Crippen LogP contribution in [0.15, 0.2) is 53.6 Å². The number of rotatable bonds is 2. The van der Waals surface area contributed by atoms with Gasteiger partial charge < -0.3 is 0 Å². The van der Waals surface area contributed by atoms with E-state index in [1.807, 2.05) is 6.07 Å². The zero-order valence-corrected chi connectivity index (χ0v) is 11.1. The SMILES string of the molecule is N#Cc1ccc(-n2cnc3ccccc3c2=O)c([N+](=O)[O-])c1. The summed E-state index contributed by atoms with van der Waals surface area (Å²) in [6, 6.07) is 12.5. The summed E-state index contributed by atoms with van der Waals surface area (Å²) in [6.45, 7) is 0. The molecule has 0 saturated carbocycles. The van der Waals surface area contributed by atoms with Crippen LogP contribution in [-0.4, -0.2) is 14.5 Å². The highest BCUT2D eigenvalue weighted by Crippen LogP contribution is 2.23. The van der Waals surface area contributed by atoms with E-state index in [1.54, 1.807) is 24.3 Å². The van der Waals surface area contributed by atoms with Crippen molar-refractivity contribution in [1.82, 2.24) is 9.55 Å². The Hall–Kier alpha value is -3.53. The van der Waals surface area contributed by atoms with Gasteiger partial charge in [-0.05, 0) is 24.3 Å². The molecular weight excluding hydrogens is 284 g/mol. The first-order valence-corrected chi connectivity index (χ1v) is 6.27. The summed E-state index contributed by atoms with van der Waals surface area (Å²) in [5.41, 5.74) is 0.0150. The second-order valence-electron chi connectivity index (χ2n) is 4.51. The molecule has 0 saturated heterocycles. The van der Waals surface area contributed by atoms with Gasteiger partial charge in [-0.3, -0.25) is 19.5 Å². The average molecular weight is 292 g/mol. The summed E-state index contributed by atoms with van der Waals surface area (Å²) in [5, 5.41) is 20.4. The van der Waals surface area contributed by atoms with Crippen LogP contribution in [0.1, 0.15) is 5.56 Å². The van der Waals surface area contributed by atoms with Crippen molar-refractivity contribution in [2.24, 2.45) is 0 Å². The highest BCUT2D eigenvalue weighted by molar-refractivity contribution is 5.77. The summed E-state index contributed by atoms with van der Waals surface area (Å²) in [5.74, 6) is 0. The molecule has 0 unspecified atom stereocenters. The Balaban J connectivity index is 2.33. The number of hydrogen-bond donors (Lipinski definition) is 0. The highest BCUT2D eigenvalue weighted by Gasteiger charge is 2.18. The maximum absolute atomic E-state index is 12.5. The van der Waals surface area contributed by atoms with Crippen molar-refractivity contribution in [2.75, 3.05) is 0 Å². The number of nitrogens with zero attached hydrogens (tertiary/aromatic N) is 4. The Morgan fingerprint density at radius 3 is 2.73 bits per heavy atom. The summed E-state index contributed by atoms with van der Waals surface area (Å²) < 4.78 is 1.11. The van der Waals surface area contributed by atoms with E-state index in [0.717, 1.165) is 10.6 Å². The van der Waals surface area contributed by atoms with Crippen LogP contribution in [0.2, 0.25) is 0 Å². The van der Waals surface area contributed by atoms with Gasteiger partial charge in [0.15, 0.2) is 0 Å². The molecule has 7 nitrogen and oxygen atoms in total. The topological polar surface area (TPSA) is 102 Å². The lowest BCUT2D eigenvalue weighted by Crippen LogP contribution is -2.19. The van der Waals surface area contributed by atoms with E-state index >= 15 is 0 Å². The van der Waals surface area contributed by atoms with Crippen molar-refractivity contribution in [3.05, 3.63) is 74.8 Å². The minimum absolute atomic E-state index is 0.0762. The molecular formula is C15H8N4O3. The fourth-order valence-electron chi connectivity index (χ4n) is 2.18. The number of fused-ring (bicyclic) bond motifs is 1. The summed E-state index contributed by atoms with van der Waals surface area (Å²) in [4.78, 5) is 27.2. The minimum atomic E-state index is -0.627. The Morgan fingerprint density at radius 2 is 2.00 bits per heavy atom. The van der Waals surface area contributed by atoms with Crippen LogP contribution in [0, 0.1) is 21.4 Å². The third kappa shape index (κ3) is 2.09. The molecule has 0 aliphatic rings. The van der Waals surface area contributed by atoms with E-state index < -0.39 is 10.5 Å². The number of benzene rings is 2. The Bertz CT molecular complexity index is 1000. The Labute approximate surface area is 123 Å². The van der Waals surface area contributed by atoms with E-state index in [4.69, 9.17) is 5.26 Å². The van der Waals surface area contributed by atoms with Gasteiger partial charge >= 0.3 is 0 Å². The zero-order chi connectivity index (χ0) is 15.7. The number of nitriles is 1. The highest BCUT2D eigenvalue weighted by atomic mass is 16.6. The molecule has 1 heterocycles. The largest absolute Gasteiger partial charge is 0.294 e. The second kappa shape index (κ2) is 5.10. The van der Waals surface area contributed by atoms with Gasteiger partial charge in [0, 0.05) is 6.07 Å². The van der Waals surface area contributed by atoms with Crippen LogP contribution < -0.4 is 5.56 Å². The average Bonchev–Trinajstić information content (AvgIpc) is 2.55. The normalized spacial score (nSPS) is 10.3. The molecule has 0 radical (unpaired) electrons. The summed E-state index contributed by atoms with van der Waals surface area (Å²) >= 11 is 0. The molecule has 22 heavy (non-hydrogen) atoms. The maximum atomic E-state index is 12.5. The van der Waals surface area contributed by atoms with Gasteiger partial charge in [-0.2, -0.15) is 5.26 Å². The Kier molecular flexibility index (Phi) is 3.12. The van der Waals surface area contributed by atoms with Crippen molar-refractivity contribution in [1.29, 1.82) is 5.26 Å². The van der Waals surface area contributed by atoms with E-state index in [-0.39, 0.29) is 16.9 Å². The molecule has 0 aliphatic heterocycles. The predicted octanol–water partition coefficient (Wildman–Crippen LogP) is 2.17. The van der Waals surface area contributed by atoms with Gasteiger partial charge in [0.25, 0.3) is 11.2 Å². The zero-order valence-electron chi connectivity index (χ0n) is 11.1. The first-order valence-electron chi connectivity index (χ1n) is 6.27. The molecule has 0 atom stereocenters. The standard InChI is InChI=1S/C15H8N4O3/c16-8-10-5-6-13(14(7-10)19(21)22)18-9-17-12-4-2-1-3-11(12)15(18)20/h1-7,9H.